The quantitative estimate of drug-likeness (QED) is 0.743. The molecule has 0 aliphatic heterocycles. The Labute approximate surface area is 106 Å². The van der Waals surface area contributed by atoms with Gasteiger partial charge in [0, 0.05) is 0 Å². The molecule has 0 bridgehead atoms. The lowest BCUT2D eigenvalue weighted by Gasteiger charge is -2.38. The van der Waals surface area contributed by atoms with Gasteiger partial charge in [-0.1, -0.05) is 40.0 Å². The Kier molecular flexibility index (Phi) is 5.48. The second-order valence-corrected chi connectivity index (χ2v) is 5.82. The molecule has 0 heterocycles. The molecule has 2 nitrogen and oxygen atoms in total. The van der Waals surface area contributed by atoms with E-state index in [-0.39, 0.29) is 0 Å². The summed E-state index contributed by atoms with van der Waals surface area (Å²) in [5, 5.41) is 9.59. The maximum atomic E-state index is 11.6. The number of aliphatic carboxylic acids is 1. The molecular formula is C15H28O2. The van der Waals surface area contributed by atoms with Crippen molar-refractivity contribution in [3.05, 3.63) is 0 Å². The fraction of sp³-hybridized carbons (Fsp3) is 0.933. The summed E-state index contributed by atoms with van der Waals surface area (Å²) in [6.07, 6.45) is 8.36. The molecule has 0 saturated heterocycles. The van der Waals surface area contributed by atoms with Gasteiger partial charge in [0.25, 0.3) is 0 Å². The molecule has 100 valence electrons. The van der Waals surface area contributed by atoms with Crippen LogP contribution in [-0.2, 0) is 4.79 Å². The number of hydrogen-bond donors (Lipinski definition) is 1. The Hall–Kier alpha value is -0.530. The second-order valence-electron chi connectivity index (χ2n) is 5.82. The zero-order chi connectivity index (χ0) is 12.9. The highest BCUT2D eigenvalue weighted by atomic mass is 16.4. The minimum Gasteiger partial charge on any atom is -0.481 e. The van der Waals surface area contributed by atoms with Crippen molar-refractivity contribution in [2.45, 2.75) is 72.1 Å². The number of rotatable bonds is 6. The third-order valence-corrected chi connectivity index (χ3v) is 4.93. The first-order valence-electron chi connectivity index (χ1n) is 7.31. The van der Waals surface area contributed by atoms with Gasteiger partial charge < -0.3 is 5.11 Å². The Morgan fingerprint density at radius 2 is 1.76 bits per heavy atom. The van der Waals surface area contributed by atoms with Gasteiger partial charge in [-0.3, -0.25) is 4.79 Å². The van der Waals surface area contributed by atoms with Crippen molar-refractivity contribution in [1.29, 1.82) is 0 Å². The van der Waals surface area contributed by atoms with E-state index < -0.39 is 11.4 Å². The van der Waals surface area contributed by atoms with Crippen LogP contribution >= 0.6 is 0 Å². The molecule has 0 radical (unpaired) electrons. The molecule has 2 heteroatoms. The molecule has 1 saturated carbocycles. The van der Waals surface area contributed by atoms with E-state index >= 15 is 0 Å². The van der Waals surface area contributed by atoms with Crippen LogP contribution in [0, 0.1) is 17.3 Å². The molecular weight excluding hydrogens is 212 g/mol. The monoisotopic (exact) mass is 240 g/mol. The van der Waals surface area contributed by atoms with Gasteiger partial charge in [0.15, 0.2) is 0 Å². The molecule has 0 aromatic carbocycles. The number of carboxylic acid groups (broad SMARTS) is 1. The largest absolute Gasteiger partial charge is 0.481 e. The molecule has 1 fully saturated rings. The highest BCUT2D eigenvalue weighted by Gasteiger charge is 2.42. The maximum absolute atomic E-state index is 11.6. The first-order chi connectivity index (χ1) is 8.07. The summed E-state index contributed by atoms with van der Waals surface area (Å²) in [6, 6.07) is 0. The predicted molar refractivity (Wildman–Crippen MR) is 71.0 cm³/mol. The van der Waals surface area contributed by atoms with Gasteiger partial charge in [0.1, 0.15) is 0 Å². The maximum Gasteiger partial charge on any atom is 0.309 e. The number of carbonyl (C=O) groups is 1. The number of carboxylic acids is 1. The lowest BCUT2D eigenvalue weighted by atomic mass is 9.65. The number of hydrogen-bond acceptors (Lipinski definition) is 1. The van der Waals surface area contributed by atoms with Crippen molar-refractivity contribution in [2.24, 2.45) is 17.3 Å². The first kappa shape index (κ1) is 14.5. The average molecular weight is 240 g/mol. The lowest BCUT2D eigenvalue weighted by Crippen LogP contribution is -2.37. The van der Waals surface area contributed by atoms with Crippen LogP contribution in [0.5, 0.6) is 0 Å². The second kappa shape index (κ2) is 6.42. The molecule has 1 rings (SSSR count). The molecule has 0 amide bonds. The SMILES string of the molecule is CCC1CCC(CC(CC)CC)(C(=O)O)CC1. The van der Waals surface area contributed by atoms with Gasteiger partial charge in [-0.25, -0.2) is 0 Å². The Balaban J connectivity index is 2.68. The minimum atomic E-state index is -0.543. The van der Waals surface area contributed by atoms with Crippen LogP contribution < -0.4 is 0 Å². The zero-order valence-electron chi connectivity index (χ0n) is 11.7. The van der Waals surface area contributed by atoms with Crippen LogP contribution in [0.1, 0.15) is 72.1 Å². The van der Waals surface area contributed by atoms with Crippen LogP contribution in [0.15, 0.2) is 0 Å². The Bertz CT molecular complexity index is 235. The van der Waals surface area contributed by atoms with Crippen LogP contribution in [0.3, 0.4) is 0 Å². The minimum absolute atomic E-state index is 0.400. The van der Waals surface area contributed by atoms with Crippen LogP contribution in [-0.4, -0.2) is 11.1 Å². The van der Waals surface area contributed by atoms with E-state index in [9.17, 15) is 9.90 Å². The van der Waals surface area contributed by atoms with E-state index in [1.54, 1.807) is 0 Å². The average Bonchev–Trinajstić information content (AvgIpc) is 2.36. The molecule has 1 N–H and O–H groups in total. The highest BCUT2D eigenvalue weighted by Crippen LogP contribution is 2.45. The van der Waals surface area contributed by atoms with Gasteiger partial charge in [0.05, 0.1) is 5.41 Å². The van der Waals surface area contributed by atoms with E-state index in [4.69, 9.17) is 0 Å². The summed E-state index contributed by atoms with van der Waals surface area (Å²) in [6.45, 7) is 6.59. The van der Waals surface area contributed by atoms with Gasteiger partial charge in [-0.15, -0.1) is 0 Å². The highest BCUT2D eigenvalue weighted by molar-refractivity contribution is 5.74. The summed E-state index contributed by atoms with van der Waals surface area (Å²) in [5.74, 6) is 0.812. The van der Waals surface area contributed by atoms with Crippen molar-refractivity contribution in [3.63, 3.8) is 0 Å². The van der Waals surface area contributed by atoms with Gasteiger partial charge in [-0.2, -0.15) is 0 Å². The third-order valence-electron chi connectivity index (χ3n) is 4.93. The van der Waals surface area contributed by atoms with Crippen molar-refractivity contribution in [1.82, 2.24) is 0 Å². The summed E-state index contributed by atoms with van der Waals surface area (Å²) < 4.78 is 0. The van der Waals surface area contributed by atoms with Gasteiger partial charge >= 0.3 is 5.97 Å². The van der Waals surface area contributed by atoms with Crippen molar-refractivity contribution in [3.8, 4) is 0 Å². The van der Waals surface area contributed by atoms with Crippen molar-refractivity contribution >= 4 is 5.97 Å². The fourth-order valence-electron chi connectivity index (χ4n) is 3.27. The predicted octanol–water partition coefficient (Wildman–Crippen LogP) is 4.48. The standard InChI is InChI=1S/C15H28O2/c1-4-12(5-2)11-15(14(16)17)9-7-13(6-3)8-10-15/h12-13H,4-11H2,1-3H3,(H,16,17). The summed E-state index contributed by atoms with van der Waals surface area (Å²) >= 11 is 0. The van der Waals surface area contributed by atoms with Crippen molar-refractivity contribution in [2.75, 3.05) is 0 Å². The van der Waals surface area contributed by atoms with E-state index in [0.717, 1.165) is 50.9 Å². The topological polar surface area (TPSA) is 37.3 Å². The zero-order valence-corrected chi connectivity index (χ0v) is 11.7. The Morgan fingerprint density at radius 1 is 1.24 bits per heavy atom. The summed E-state index contributed by atoms with van der Waals surface area (Å²) in [4.78, 5) is 11.6. The van der Waals surface area contributed by atoms with Crippen molar-refractivity contribution < 1.29 is 9.90 Å². The van der Waals surface area contributed by atoms with Gasteiger partial charge in [-0.05, 0) is 43.9 Å². The lowest BCUT2D eigenvalue weighted by molar-refractivity contribution is -0.153. The van der Waals surface area contributed by atoms with Crippen LogP contribution in [0.25, 0.3) is 0 Å². The van der Waals surface area contributed by atoms with E-state index in [0.29, 0.717) is 5.92 Å². The molecule has 0 unspecified atom stereocenters. The molecule has 0 aromatic rings. The fourth-order valence-corrected chi connectivity index (χ4v) is 3.27. The molecule has 0 spiro atoms. The van der Waals surface area contributed by atoms with E-state index in [1.165, 1.54) is 6.42 Å². The summed E-state index contributed by atoms with van der Waals surface area (Å²) in [7, 11) is 0. The Morgan fingerprint density at radius 3 is 2.12 bits per heavy atom. The third kappa shape index (κ3) is 3.46. The van der Waals surface area contributed by atoms with Crippen LogP contribution in [0.2, 0.25) is 0 Å². The molecule has 1 aliphatic rings. The molecule has 17 heavy (non-hydrogen) atoms. The summed E-state index contributed by atoms with van der Waals surface area (Å²) in [5.41, 5.74) is -0.400. The van der Waals surface area contributed by atoms with Gasteiger partial charge in [0.2, 0.25) is 0 Å². The first-order valence-corrected chi connectivity index (χ1v) is 7.31. The van der Waals surface area contributed by atoms with E-state index in [1.807, 2.05) is 0 Å². The molecule has 0 atom stereocenters. The van der Waals surface area contributed by atoms with Crippen LogP contribution in [0.4, 0.5) is 0 Å². The molecule has 1 aliphatic carbocycles. The normalized spacial score (nSPS) is 29.5. The molecule has 0 aromatic heterocycles. The smallest absolute Gasteiger partial charge is 0.309 e. The van der Waals surface area contributed by atoms with E-state index in [2.05, 4.69) is 20.8 Å².